The Morgan fingerprint density at radius 3 is 2.71 bits per heavy atom. The number of aryl methyl sites for hydroxylation is 1. The molecule has 1 atom stereocenters. The van der Waals surface area contributed by atoms with Gasteiger partial charge in [0.2, 0.25) is 5.91 Å². The Balaban J connectivity index is 1.36. The number of carbonyl (C=O) groups is 1. The van der Waals surface area contributed by atoms with Gasteiger partial charge >= 0.3 is 5.69 Å². The lowest BCUT2D eigenvalue weighted by molar-refractivity contribution is -0.121. The van der Waals surface area contributed by atoms with E-state index in [-0.39, 0.29) is 25.0 Å². The highest BCUT2D eigenvalue weighted by Crippen LogP contribution is 2.30. The molecule has 1 aliphatic rings. The summed E-state index contributed by atoms with van der Waals surface area (Å²) in [7, 11) is 0. The van der Waals surface area contributed by atoms with Crippen LogP contribution in [0.1, 0.15) is 6.42 Å². The molecule has 2 heterocycles. The summed E-state index contributed by atoms with van der Waals surface area (Å²) >= 11 is 0. The van der Waals surface area contributed by atoms with Gasteiger partial charge in [0.15, 0.2) is 11.5 Å². The molecule has 3 aromatic rings. The topological polar surface area (TPSA) is 102 Å². The summed E-state index contributed by atoms with van der Waals surface area (Å²) in [4.78, 5) is 38.5. The first kappa shape index (κ1) is 17.8. The van der Waals surface area contributed by atoms with E-state index < -0.39 is 11.2 Å². The molecule has 28 heavy (non-hydrogen) atoms. The Morgan fingerprint density at radius 2 is 1.86 bits per heavy atom. The molecular formula is C20H19N3O5. The maximum Gasteiger partial charge on any atom is 0.328 e. The van der Waals surface area contributed by atoms with Crippen molar-refractivity contribution in [3.05, 3.63) is 69.4 Å². The predicted molar refractivity (Wildman–Crippen MR) is 103 cm³/mol. The molecule has 8 heteroatoms. The zero-order valence-electron chi connectivity index (χ0n) is 15.0. The highest BCUT2D eigenvalue weighted by Gasteiger charge is 2.21. The lowest BCUT2D eigenvalue weighted by Crippen LogP contribution is -2.41. The summed E-state index contributed by atoms with van der Waals surface area (Å²) in [6.45, 7) is 0.808. The van der Waals surface area contributed by atoms with E-state index in [2.05, 4.69) is 10.3 Å². The van der Waals surface area contributed by atoms with Crippen molar-refractivity contribution in [2.24, 2.45) is 0 Å². The predicted octanol–water partition coefficient (Wildman–Crippen LogP) is 1.04. The fraction of sp³-hybridized carbons (Fsp3) is 0.250. The Bertz CT molecular complexity index is 1130. The SMILES string of the molecule is O=C(CCn1c(=O)[nH]c(=O)c2ccccc21)NC[C@@H]1COc2ccccc2O1. The maximum absolute atomic E-state index is 12.2. The monoisotopic (exact) mass is 381 g/mol. The van der Waals surface area contributed by atoms with E-state index in [0.29, 0.717) is 35.6 Å². The largest absolute Gasteiger partial charge is 0.486 e. The average Bonchev–Trinajstić information content (AvgIpc) is 2.72. The van der Waals surface area contributed by atoms with Crippen molar-refractivity contribution >= 4 is 16.8 Å². The van der Waals surface area contributed by atoms with Gasteiger partial charge in [-0.15, -0.1) is 0 Å². The van der Waals surface area contributed by atoms with Crippen molar-refractivity contribution in [1.29, 1.82) is 0 Å². The molecule has 1 aliphatic heterocycles. The van der Waals surface area contributed by atoms with Gasteiger partial charge in [0.1, 0.15) is 12.7 Å². The third-order valence-electron chi connectivity index (χ3n) is 4.56. The van der Waals surface area contributed by atoms with Gasteiger partial charge < -0.3 is 14.8 Å². The molecule has 0 aliphatic carbocycles. The summed E-state index contributed by atoms with van der Waals surface area (Å²) in [5.41, 5.74) is -0.460. The van der Waals surface area contributed by atoms with Crippen LogP contribution in [0.5, 0.6) is 11.5 Å². The zero-order chi connectivity index (χ0) is 19.5. The number of nitrogens with one attached hydrogen (secondary N) is 2. The normalized spacial score (nSPS) is 15.4. The first-order valence-electron chi connectivity index (χ1n) is 8.99. The highest BCUT2D eigenvalue weighted by atomic mass is 16.6. The lowest BCUT2D eigenvalue weighted by atomic mass is 10.2. The lowest BCUT2D eigenvalue weighted by Gasteiger charge is -2.26. The standard InChI is InChI=1S/C20H19N3O5/c24-18(21-11-13-12-27-16-7-3-4-8-17(16)28-13)9-10-23-15-6-2-1-5-14(15)19(25)22-20(23)26/h1-8,13H,9-12H2,(H,21,24)(H,22,25,26)/t13-/m1/s1. The number of fused-ring (bicyclic) bond motifs is 2. The molecule has 1 aromatic heterocycles. The van der Waals surface area contributed by atoms with Crippen LogP contribution in [0.15, 0.2) is 58.1 Å². The molecule has 0 spiro atoms. The Hall–Kier alpha value is -3.55. The molecule has 8 nitrogen and oxygen atoms in total. The van der Waals surface area contributed by atoms with Crippen LogP contribution < -0.4 is 26.0 Å². The fourth-order valence-electron chi connectivity index (χ4n) is 3.16. The molecule has 2 N–H and O–H groups in total. The minimum Gasteiger partial charge on any atom is -0.486 e. The molecule has 0 saturated heterocycles. The Labute approximate surface area is 159 Å². The molecule has 144 valence electrons. The first-order chi connectivity index (χ1) is 13.6. The summed E-state index contributed by atoms with van der Waals surface area (Å²) < 4.78 is 12.8. The van der Waals surface area contributed by atoms with Gasteiger partial charge in [-0.05, 0) is 24.3 Å². The van der Waals surface area contributed by atoms with Crippen molar-refractivity contribution in [2.75, 3.05) is 13.2 Å². The van der Waals surface area contributed by atoms with E-state index in [0.717, 1.165) is 0 Å². The molecule has 0 saturated carbocycles. The van der Waals surface area contributed by atoms with Gasteiger partial charge in [-0.2, -0.15) is 0 Å². The molecule has 0 unspecified atom stereocenters. The van der Waals surface area contributed by atoms with E-state index in [4.69, 9.17) is 9.47 Å². The van der Waals surface area contributed by atoms with Gasteiger partial charge in [0.05, 0.1) is 17.4 Å². The number of benzene rings is 2. The number of carbonyl (C=O) groups excluding carboxylic acids is 1. The number of nitrogens with zero attached hydrogens (tertiary/aromatic N) is 1. The van der Waals surface area contributed by atoms with E-state index >= 15 is 0 Å². The van der Waals surface area contributed by atoms with E-state index in [1.165, 1.54) is 4.57 Å². The van der Waals surface area contributed by atoms with Crippen LogP contribution in [0.2, 0.25) is 0 Å². The number of aromatic nitrogens is 2. The Kier molecular flexibility index (Phi) is 4.84. The van der Waals surface area contributed by atoms with Crippen molar-refractivity contribution < 1.29 is 14.3 Å². The second kappa shape index (κ2) is 7.59. The number of para-hydroxylation sites is 3. The average molecular weight is 381 g/mol. The summed E-state index contributed by atoms with van der Waals surface area (Å²) in [5.74, 6) is 1.12. The summed E-state index contributed by atoms with van der Waals surface area (Å²) in [6, 6.07) is 14.2. The van der Waals surface area contributed by atoms with Gasteiger partial charge in [0, 0.05) is 13.0 Å². The maximum atomic E-state index is 12.2. The van der Waals surface area contributed by atoms with Gasteiger partial charge in [-0.3, -0.25) is 19.1 Å². The second-order valence-electron chi connectivity index (χ2n) is 6.48. The van der Waals surface area contributed by atoms with Crippen LogP contribution >= 0.6 is 0 Å². The minimum atomic E-state index is -0.530. The molecule has 0 bridgehead atoms. The third-order valence-corrected chi connectivity index (χ3v) is 4.56. The highest BCUT2D eigenvalue weighted by molar-refractivity contribution is 5.78. The van der Waals surface area contributed by atoms with Gasteiger partial charge in [0.25, 0.3) is 5.56 Å². The Morgan fingerprint density at radius 1 is 1.11 bits per heavy atom. The molecule has 0 fully saturated rings. The van der Waals surface area contributed by atoms with Crippen LogP contribution in [0.25, 0.3) is 10.9 Å². The third kappa shape index (κ3) is 3.62. The first-order valence-corrected chi connectivity index (χ1v) is 8.99. The molecule has 2 aromatic carbocycles. The van der Waals surface area contributed by atoms with Crippen molar-refractivity contribution in [1.82, 2.24) is 14.9 Å². The number of ether oxygens (including phenoxy) is 2. The fourth-order valence-corrected chi connectivity index (χ4v) is 3.16. The van der Waals surface area contributed by atoms with Crippen LogP contribution in [0, 0.1) is 0 Å². The van der Waals surface area contributed by atoms with Crippen molar-refractivity contribution in [3.8, 4) is 11.5 Å². The molecule has 0 radical (unpaired) electrons. The van der Waals surface area contributed by atoms with Crippen LogP contribution in [0.4, 0.5) is 0 Å². The van der Waals surface area contributed by atoms with Gasteiger partial charge in [-0.25, -0.2) is 4.79 Å². The number of hydrogen-bond acceptors (Lipinski definition) is 5. The molecule has 4 rings (SSSR count). The van der Waals surface area contributed by atoms with Crippen LogP contribution in [0.3, 0.4) is 0 Å². The van der Waals surface area contributed by atoms with E-state index in [1.54, 1.807) is 24.3 Å². The van der Waals surface area contributed by atoms with E-state index in [9.17, 15) is 14.4 Å². The van der Waals surface area contributed by atoms with Gasteiger partial charge in [-0.1, -0.05) is 24.3 Å². The number of rotatable bonds is 5. The van der Waals surface area contributed by atoms with Crippen molar-refractivity contribution in [3.63, 3.8) is 0 Å². The van der Waals surface area contributed by atoms with Crippen molar-refractivity contribution in [2.45, 2.75) is 19.1 Å². The zero-order valence-corrected chi connectivity index (χ0v) is 15.0. The number of hydrogen-bond donors (Lipinski definition) is 2. The molecular weight excluding hydrogens is 362 g/mol. The van der Waals surface area contributed by atoms with Crippen LogP contribution in [-0.2, 0) is 11.3 Å². The minimum absolute atomic E-state index is 0.0973. The molecule has 1 amide bonds. The quantitative estimate of drug-likeness (QED) is 0.687. The summed E-state index contributed by atoms with van der Waals surface area (Å²) in [6.07, 6.45) is -0.185. The number of amides is 1. The number of H-pyrrole nitrogens is 1. The smallest absolute Gasteiger partial charge is 0.328 e. The second-order valence-corrected chi connectivity index (χ2v) is 6.48. The van der Waals surface area contributed by atoms with Crippen LogP contribution in [-0.4, -0.2) is 34.7 Å². The number of aromatic amines is 1. The summed E-state index contributed by atoms with van der Waals surface area (Å²) in [5, 5.41) is 3.21. The van der Waals surface area contributed by atoms with E-state index in [1.807, 2.05) is 24.3 Å².